The molecular weight excluding hydrogens is 312 g/mol. The lowest BCUT2D eigenvalue weighted by molar-refractivity contribution is 0.00820. The molecule has 0 radical (unpaired) electrons. The van der Waals surface area contributed by atoms with Gasteiger partial charge in [0, 0.05) is 37.4 Å². The van der Waals surface area contributed by atoms with Gasteiger partial charge in [0.2, 0.25) is 0 Å². The largest absolute Gasteiger partial charge is 0.444 e. The molecule has 0 N–H and O–H groups in total. The molecule has 0 aromatic heterocycles. The standard InChI is InChI=1S/C21H26N2O2/c1-21(2,3)25-20(24)23-14-17(15-23)16-10-12-19(13-11-16)22(4)18-8-6-5-7-9-18/h5-13,17H,14-15H2,1-4H3. The molecule has 1 heterocycles. The quantitative estimate of drug-likeness (QED) is 0.807. The SMILES string of the molecule is CN(c1ccccc1)c1ccc(C2CN(C(=O)OC(C)(C)C)C2)cc1. The molecule has 3 rings (SSSR count). The Morgan fingerprint density at radius 3 is 2.12 bits per heavy atom. The number of rotatable bonds is 3. The summed E-state index contributed by atoms with van der Waals surface area (Å²) in [7, 11) is 2.07. The van der Waals surface area contributed by atoms with Crippen LogP contribution in [0.25, 0.3) is 0 Å². The van der Waals surface area contributed by atoms with Crippen molar-refractivity contribution in [3.8, 4) is 0 Å². The fraction of sp³-hybridized carbons (Fsp3) is 0.381. The van der Waals surface area contributed by atoms with Crippen LogP contribution in [0.1, 0.15) is 32.3 Å². The zero-order valence-electron chi connectivity index (χ0n) is 15.4. The third-order valence-corrected chi connectivity index (χ3v) is 4.43. The van der Waals surface area contributed by atoms with Crippen molar-refractivity contribution in [3.63, 3.8) is 0 Å². The lowest BCUT2D eigenvalue weighted by Gasteiger charge is -2.40. The molecule has 0 unspecified atom stereocenters. The van der Waals surface area contributed by atoms with Crippen molar-refractivity contribution in [1.29, 1.82) is 0 Å². The summed E-state index contributed by atoms with van der Waals surface area (Å²) in [6.45, 7) is 7.13. The molecule has 0 bridgehead atoms. The molecule has 1 aliphatic heterocycles. The van der Waals surface area contributed by atoms with Gasteiger partial charge in [0.1, 0.15) is 5.60 Å². The Labute approximate surface area is 150 Å². The first-order valence-corrected chi connectivity index (χ1v) is 8.70. The summed E-state index contributed by atoms with van der Waals surface area (Å²) in [6.07, 6.45) is -0.218. The van der Waals surface area contributed by atoms with Crippen molar-refractivity contribution in [2.75, 3.05) is 25.0 Å². The number of carbonyl (C=O) groups is 1. The van der Waals surface area contributed by atoms with E-state index in [9.17, 15) is 4.79 Å². The average Bonchev–Trinajstić information content (AvgIpc) is 2.52. The molecule has 132 valence electrons. The molecule has 2 aromatic rings. The predicted octanol–water partition coefficient (Wildman–Crippen LogP) is 4.79. The van der Waals surface area contributed by atoms with E-state index in [2.05, 4.69) is 48.3 Å². The normalized spacial score (nSPS) is 14.8. The maximum absolute atomic E-state index is 12.0. The number of hydrogen-bond donors (Lipinski definition) is 0. The van der Waals surface area contributed by atoms with Crippen molar-refractivity contribution < 1.29 is 9.53 Å². The number of para-hydroxylation sites is 1. The summed E-state index contributed by atoms with van der Waals surface area (Å²) in [5, 5.41) is 0. The van der Waals surface area contributed by atoms with Crippen LogP contribution in [0.3, 0.4) is 0 Å². The van der Waals surface area contributed by atoms with E-state index in [0.717, 1.165) is 24.5 Å². The van der Waals surface area contributed by atoms with E-state index in [4.69, 9.17) is 4.74 Å². The summed E-state index contributed by atoms with van der Waals surface area (Å²) >= 11 is 0. The van der Waals surface area contributed by atoms with Crippen LogP contribution in [0.5, 0.6) is 0 Å². The van der Waals surface area contributed by atoms with E-state index >= 15 is 0 Å². The zero-order chi connectivity index (χ0) is 18.0. The average molecular weight is 338 g/mol. The van der Waals surface area contributed by atoms with Gasteiger partial charge in [-0.2, -0.15) is 0 Å². The highest BCUT2D eigenvalue weighted by molar-refractivity contribution is 5.70. The number of likely N-dealkylation sites (tertiary alicyclic amines) is 1. The number of anilines is 2. The van der Waals surface area contributed by atoms with Crippen LogP contribution >= 0.6 is 0 Å². The highest BCUT2D eigenvalue weighted by Gasteiger charge is 2.34. The number of nitrogens with zero attached hydrogens (tertiary/aromatic N) is 2. The van der Waals surface area contributed by atoms with Crippen molar-refractivity contribution in [1.82, 2.24) is 4.90 Å². The molecule has 1 amide bonds. The molecule has 0 aliphatic carbocycles. The molecular formula is C21H26N2O2. The predicted molar refractivity (Wildman–Crippen MR) is 101 cm³/mol. The van der Waals surface area contributed by atoms with Crippen LogP contribution in [0.15, 0.2) is 54.6 Å². The lowest BCUT2D eigenvalue weighted by atomic mass is 9.91. The molecule has 1 aliphatic rings. The van der Waals surface area contributed by atoms with Gasteiger partial charge in [0.25, 0.3) is 0 Å². The Hall–Kier alpha value is -2.49. The molecule has 4 heteroatoms. The van der Waals surface area contributed by atoms with Gasteiger partial charge in [0.15, 0.2) is 0 Å². The van der Waals surface area contributed by atoms with E-state index < -0.39 is 5.60 Å². The summed E-state index contributed by atoms with van der Waals surface area (Å²) in [4.78, 5) is 15.9. The summed E-state index contributed by atoms with van der Waals surface area (Å²) in [6, 6.07) is 18.9. The highest BCUT2D eigenvalue weighted by Crippen LogP contribution is 2.31. The fourth-order valence-corrected chi connectivity index (χ4v) is 2.94. The van der Waals surface area contributed by atoms with Gasteiger partial charge in [-0.05, 0) is 50.6 Å². The number of hydrogen-bond acceptors (Lipinski definition) is 3. The Balaban J connectivity index is 1.58. The molecule has 1 fully saturated rings. The molecule has 0 atom stereocenters. The van der Waals surface area contributed by atoms with Gasteiger partial charge in [-0.25, -0.2) is 4.79 Å². The summed E-state index contributed by atoms with van der Waals surface area (Å²) in [5.41, 5.74) is 3.14. The molecule has 0 saturated carbocycles. The van der Waals surface area contributed by atoms with E-state index in [0.29, 0.717) is 5.92 Å². The first-order valence-electron chi connectivity index (χ1n) is 8.70. The van der Waals surface area contributed by atoms with Crippen LogP contribution in [0.2, 0.25) is 0 Å². The smallest absolute Gasteiger partial charge is 0.410 e. The lowest BCUT2D eigenvalue weighted by Crippen LogP contribution is -2.50. The van der Waals surface area contributed by atoms with Gasteiger partial charge in [-0.3, -0.25) is 0 Å². The molecule has 0 spiro atoms. The molecule has 4 nitrogen and oxygen atoms in total. The van der Waals surface area contributed by atoms with Gasteiger partial charge >= 0.3 is 6.09 Å². The second-order valence-corrected chi connectivity index (χ2v) is 7.57. The Kier molecular flexibility index (Phi) is 4.71. The Bertz CT molecular complexity index is 714. The van der Waals surface area contributed by atoms with E-state index in [1.165, 1.54) is 5.56 Å². The fourth-order valence-electron chi connectivity index (χ4n) is 2.94. The van der Waals surface area contributed by atoms with Crippen LogP contribution in [-0.4, -0.2) is 36.7 Å². The van der Waals surface area contributed by atoms with Crippen LogP contribution in [0, 0.1) is 0 Å². The third kappa shape index (κ3) is 4.13. The minimum atomic E-state index is -0.439. The molecule has 1 saturated heterocycles. The first-order chi connectivity index (χ1) is 11.8. The molecule has 2 aromatic carbocycles. The van der Waals surface area contributed by atoms with Gasteiger partial charge in [-0.15, -0.1) is 0 Å². The Morgan fingerprint density at radius 2 is 1.56 bits per heavy atom. The van der Waals surface area contributed by atoms with Crippen LogP contribution < -0.4 is 4.90 Å². The summed E-state index contributed by atoms with van der Waals surface area (Å²) < 4.78 is 5.41. The maximum Gasteiger partial charge on any atom is 0.410 e. The number of amides is 1. The number of carbonyl (C=O) groups excluding carboxylic acids is 1. The maximum atomic E-state index is 12.0. The Morgan fingerprint density at radius 1 is 1.00 bits per heavy atom. The van der Waals surface area contributed by atoms with Crippen molar-refractivity contribution in [3.05, 3.63) is 60.2 Å². The minimum Gasteiger partial charge on any atom is -0.444 e. The second-order valence-electron chi connectivity index (χ2n) is 7.57. The van der Waals surface area contributed by atoms with Crippen LogP contribution in [0.4, 0.5) is 16.2 Å². The number of ether oxygens (including phenoxy) is 1. The van der Waals surface area contributed by atoms with E-state index in [-0.39, 0.29) is 6.09 Å². The number of benzene rings is 2. The highest BCUT2D eigenvalue weighted by atomic mass is 16.6. The zero-order valence-corrected chi connectivity index (χ0v) is 15.4. The van der Waals surface area contributed by atoms with Crippen molar-refractivity contribution in [2.24, 2.45) is 0 Å². The van der Waals surface area contributed by atoms with Gasteiger partial charge < -0.3 is 14.5 Å². The van der Waals surface area contributed by atoms with Gasteiger partial charge in [-0.1, -0.05) is 30.3 Å². The van der Waals surface area contributed by atoms with E-state index in [1.54, 1.807) is 4.90 Å². The monoisotopic (exact) mass is 338 g/mol. The van der Waals surface area contributed by atoms with E-state index in [1.807, 2.05) is 39.0 Å². The van der Waals surface area contributed by atoms with Crippen molar-refractivity contribution >= 4 is 17.5 Å². The van der Waals surface area contributed by atoms with Crippen molar-refractivity contribution in [2.45, 2.75) is 32.3 Å². The summed E-state index contributed by atoms with van der Waals surface area (Å²) in [5.74, 6) is 0.392. The van der Waals surface area contributed by atoms with Gasteiger partial charge in [0.05, 0.1) is 0 Å². The minimum absolute atomic E-state index is 0.218. The topological polar surface area (TPSA) is 32.8 Å². The third-order valence-electron chi connectivity index (χ3n) is 4.43. The van der Waals surface area contributed by atoms with Crippen LogP contribution in [-0.2, 0) is 4.74 Å². The first kappa shape index (κ1) is 17.3. The molecule has 25 heavy (non-hydrogen) atoms. The second kappa shape index (κ2) is 6.79.